The Kier molecular flexibility index (Phi) is 8.52. The molecule has 9 nitrogen and oxygen atoms in total. The van der Waals surface area contributed by atoms with E-state index in [0.717, 1.165) is 24.0 Å². The number of carbonyl (C=O) groups is 1. The number of benzene rings is 1. The van der Waals surface area contributed by atoms with Crippen molar-refractivity contribution in [1.82, 2.24) is 19.9 Å². The number of alkyl halides is 4. The van der Waals surface area contributed by atoms with E-state index in [9.17, 15) is 30.8 Å². The maximum Gasteiger partial charge on any atom is 0.411 e. The SMILES string of the molecule is COc1ncc(C(C)C)cc1-c1cnc(S(C)(=O)=O)nc1CN1C(=O)O[C@H](c2cc(C(F)F)cc(C(F)F)c2)[C@@H]1C. The third-order valence-electron chi connectivity index (χ3n) is 6.74. The first kappa shape index (κ1) is 30.2. The zero-order chi connectivity index (χ0) is 30.2. The van der Waals surface area contributed by atoms with Gasteiger partial charge in [-0.3, -0.25) is 4.90 Å². The maximum atomic E-state index is 13.5. The van der Waals surface area contributed by atoms with Gasteiger partial charge in [0, 0.05) is 40.9 Å². The highest BCUT2D eigenvalue weighted by atomic mass is 32.2. The molecule has 0 N–H and O–H groups in total. The van der Waals surface area contributed by atoms with E-state index in [0.29, 0.717) is 17.2 Å². The zero-order valence-electron chi connectivity index (χ0n) is 22.8. The predicted molar refractivity (Wildman–Crippen MR) is 140 cm³/mol. The molecule has 1 aliphatic rings. The molecular formula is C27H28F4N4O5S. The lowest BCUT2D eigenvalue weighted by molar-refractivity contribution is 0.128. The molecule has 1 saturated heterocycles. The molecule has 0 saturated carbocycles. The van der Waals surface area contributed by atoms with E-state index in [1.807, 2.05) is 13.8 Å². The van der Waals surface area contributed by atoms with E-state index in [4.69, 9.17) is 9.47 Å². The van der Waals surface area contributed by atoms with E-state index in [-0.39, 0.29) is 29.6 Å². The molecule has 2 atom stereocenters. The summed E-state index contributed by atoms with van der Waals surface area (Å²) in [5.74, 6) is 0.299. The summed E-state index contributed by atoms with van der Waals surface area (Å²) >= 11 is 0. The molecule has 0 spiro atoms. The number of rotatable bonds is 9. The number of sulfone groups is 1. The minimum absolute atomic E-state index is 0.0170. The monoisotopic (exact) mass is 596 g/mol. The van der Waals surface area contributed by atoms with E-state index in [1.54, 1.807) is 19.2 Å². The van der Waals surface area contributed by atoms with Crippen molar-refractivity contribution in [2.24, 2.45) is 0 Å². The normalized spacial score (nSPS) is 17.6. The van der Waals surface area contributed by atoms with Crippen LogP contribution in [-0.2, 0) is 21.1 Å². The molecule has 1 aromatic carbocycles. The average molecular weight is 597 g/mol. The Bertz CT molecular complexity index is 1540. The van der Waals surface area contributed by atoms with Gasteiger partial charge in [0.1, 0.15) is 6.10 Å². The van der Waals surface area contributed by atoms with Crippen molar-refractivity contribution in [3.8, 4) is 17.0 Å². The van der Waals surface area contributed by atoms with Crippen LogP contribution in [0, 0.1) is 0 Å². The number of pyridine rings is 1. The van der Waals surface area contributed by atoms with Crippen molar-refractivity contribution < 1.29 is 40.2 Å². The Morgan fingerprint density at radius 2 is 1.61 bits per heavy atom. The van der Waals surface area contributed by atoms with Gasteiger partial charge in [0.2, 0.25) is 20.9 Å². The fraction of sp³-hybridized carbons (Fsp3) is 0.407. The van der Waals surface area contributed by atoms with Crippen LogP contribution in [0.1, 0.15) is 73.6 Å². The average Bonchev–Trinajstić information content (AvgIpc) is 3.20. The van der Waals surface area contributed by atoms with Gasteiger partial charge in [-0.05, 0) is 48.2 Å². The number of aromatic nitrogens is 3. The number of methoxy groups -OCH3 is 1. The number of nitrogens with zero attached hydrogens (tertiary/aromatic N) is 4. The van der Waals surface area contributed by atoms with Gasteiger partial charge >= 0.3 is 6.09 Å². The molecule has 0 radical (unpaired) electrons. The van der Waals surface area contributed by atoms with Crippen LogP contribution in [0.3, 0.4) is 0 Å². The molecule has 1 fully saturated rings. The van der Waals surface area contributed by atoms with Crippen LogP contribution in [0.5, 0.6) is 5.88 Å². The standard InChI is InChI=1S/C27H28F4N4O5S/c1-13(2)18-9-19(25(39-4)32-10-18)20-11-33-26(41(5,37)38)34-21(20)12-35-14(3)22(40-27(35)36)15-6-16(23(28)29)8-17(7-15)24(30)31/h6-11,13-14,22-24H,12H2,1-5H3/t14-,22-/m0/s1. The predicted octanol–water partition coefficient (Wildman–Crippen LogP) is 6.03. The lowest BCUT2D eigenvalue weighted by Crippen LogP contribution is -2.32. The van der Waals surface area contributed by atoms with Crippen molar-refractivity contribution in [2.75, 3.05) is 13.4 Å². The largest absolute Gasteiger partial charge is 0.481 e. The topological polar surface area (TPSA) is 112 Å². The van der Waals surface area contributed by atoms with E-state index >= 15 is 0 Å². The van der Waals surface area contributed by atoms with Crippen molar-refractivity contribution in [1.29, 1.82) is 0 Å². The van der Waals surface area contributed by atoms with Crippen molar-refractivity contribution in [3.05, 3.63) is 64.6 Å². The molecule has 0 aliphatic carbocycles. The van der Waals surface area contributed by atoms with Gasteiger partial charge in [-0.25, -0.2) is 45.7 Å². The minimum atomic E-state index is -3.85. The molecule has 2 aromatic heterocycles. The summed E-state index contributed by atoms with van der Waals surface area (Å²) in [4.78, 5) is 26.8. The van der Waals surface area contributed by atoms with Crippen LogP contribution in [0.25, 0.3) is 11.1 Å². The molecule has 14 heteroatoms. The van der Waals surface area contributed by atoms with Crippen LogP contribution in [0.2, 0.25) is 0 Å². The fourth-order valence-electron chi connectivity index (χ4n) is 4.50. The Morgan fingerprint density at radius 1 is 0.976 bits per heavy atom. The maximum absolute atomic E-state index is 13.5. The number of halogens is 4. The molecule has 4 rings (SSSR count). The van der Waals surface area contributed by atoms with Gasteiger partial charge in [0.05, 0.1) is 25.4 Å². The van der Waals surface area contributed by atoms with Gasteiger partial charge < -0.3 is 9.47 Å². The van der Waals surface area contributed by atoms with E-state index in [1.165, 1.54) is 18.2 Å². The second-order valence-corrected chi connectivity index (χ2v) is 11.9. The van der Waals surface area contributed by atoms with Crippen molar-refractivity contribution >= 4 is 15.9 Å². The quantitative estimate of drug-likeness (QED) is 0.217. The fourth-order valence-corrected chi connectivity index (χ4v) is 5.02. The molecule has 1 aliphatic heterocycles. The lowest BCUT2D eigenvalue weighted by Gasteiger charge is -2.23. The van der Waals surface area contributed by atoms with Gasteiger partial charge in [-0.1, -0.05) is 13.8 Å². The molecule has 0 bridgehead atoms. The second kappa shape index (κ2) is 11.6. The van der Waals surface area contributed by atoms with Crippen LogP contribution in [0.15, 0.2) is 41.8 Å². The second-order valence-electron chi connectivity index (χ2n) is 9.97. The Hall–Kier alpha value is -3.81. The minimum Gasteiger partial charge on any atom is -0.481 e. The number of hydrogen-bond acceptors (Lipinski definition) is 8. The van der Waals surface area contributed by atoms with Gasteiger partial charge in [0.15, 0.2) is 0 Å². The van der Waals surface area contributed by atoms with Crippen LogP contribution in [-0.4, -0.2) is 53.8 Å². The van der Waals surface area contributed by atoms with E-state index < -0.39 is 57.2 Å². The van der Waals surface area contributed by atoms with Gasteiger partial charge in [-0.2, -0.15) is 0 Å². The van der Waals surface area contributed by atoms with Gasteiger partial charge in [0.25, 0.3) is 12.9 Å². The number of cyclic esters (lactones) is 1. The highest BCUT2D eigenvalue weighted by Gasteiger charge is 2.41. The summed E-state index contributed by atoms with van der Waals surface area (Å²) in [7, 11) is -2.43. The first-order valence-electron chi connectivity index (χ1n) is 12.5. The number of carbonyl (C=O) groups excluding carboxylic acids is 1. The first-order valence-corrected chi connectivity index (χ1v) is 14.4. The summed E-state index contributed by atoms with van der Waals surface area (Å²) in [6.07, 6.45) is -4.17. The van der Waals surface area contributed by atoms with Crippen LogP contribution >= 0.6 is 0 Å². The van der Waals surface area contributed by atoms with Crippen molar-refractivity contribution in [2.45, 2.75) is 63.4 Å². The lowest BCUT2D eigenvalue weighted by atomic mass is 9.97. The molecule has 220 valence electrons. The van der Waals surface area contributed by atoms with Crippen molar-refractivity contribution in [3.63, 3.8) is 0 Å². The first-order chi connectivity index (χ1) is 19.2. The molecule has 3 aromatic rings. The van der Waals surface area contributed by atoms with Crippen LogP contribution < -0.4 is 4.74 Å². The number of hydrogen-bond donors (Lipinski definition) is 0. The summed E-state index contributed by atoms with van der Waals surface area (Å²) in [5.41, 5.74) is 0.503. The Labute approximate surface area is 234 Å². The summed E-state index contributed by atoms with van der Waals surface area (Å²) in [6, 6.07) is 3.74. The highest BCUT2D eigenvalue weighted by Crippen LogP contribution is 2.39. The third-order valence-corrected chi connectivity index (χ3v) is 7.60. The third kappa shape index (κ3) is 6.26. The van der Waals surface area contributed by atoms with Gasteiger partial charge in [-0.15, -0.1) is 0 Å². The molecule has 3 heterocycles. The summed E-state index contributed by atoms with van der Waals surface area (Å²) < 4.78 is 89.3. The summed E-state index contributed by atoms with van der Waals surface area (Å²) in [6.45, 7) is 5.21. The zero-order valence-corrected chi connectivity index (χ0v) is 23.6. The molecule has 41 heavy (non-hydrogen) atoms. The molecule has 0 unspecified atom stereocenters. The van der Waals surface area contributed by atoms with Crippen LogP contribution in [0.4, 0.5) is 22.4 Å². The molecular weight excluding hydrogens is 568 g/mol. The Morgan fingerprint density at radius 3 is 2.15 bits per heavy atom. The van der Waals surface area contributed by atoms with E-state index in [2.05, 4.69) is 15.0 Å². The number of ether oxygens (including phenoxy) is 2. The number of amides is 1. The highest BCUT2D eigenvalue weighted by molar-refractivity contribution is 7.90. The Balaban J connectivity index is 1.79. The molecule has 1 amide bonds. The smallest absolute Gasteiger partial charge is 0.411 e. The summed E-state index contributed by atoms with van der Waals surface area (Å²) in [5, 5.41) is -0.480.